The maximum Gasteiger partial charge on any atom is 0.473 e. The van der Waals surface area contributed by atoms with Gasteiger partial charge in [0.1, 0.15) is 18.1 Å². The molecule has 2 aromatic rings. The second-order valence-electron chi connectivity index (χ2n) is 4.55. The average Bonchev–Trinajstić information content (AvgIpc) is 2.53. The maximum absolute atomic E-state index is 12.1. The molecule has 0 aromatic heterocycles. The number of hydroxylamine groups is 1. The Hall–Kier alpha value is -2.48. The fourth-order valence-electron chi connectivity index (χ4n) is 2.04. The zero-order chi connectivity index (χ0) is 17.0. The number of benzene rings is 2. The molecule has 5 nitrogen and oxygen atoms in total. The van der Waals surface area contributed by atoms with Gasteiger partial charge in [-0.05, 0) is 29.0 Å². The number of hydrogen-bond acceptors (Lipinski definition) is 4. The van der Waals surface area contributed by atoms with Crippen LogP contribution in [0.1, 0.15) is 5.56 Å². The number of methoxy groups -OCH3 is 2. The highest BCUT2D eigenvalue weighted by atomic mass is 19.4. The van der Waals surface area contributed by atoms with Crippen LogP contribution < -0.4 is 15.0 Å². The van der Waals surface area contributed by atoms with E-state index in [1.807, 2.05) is 0 Å². The molecular weight excluding hydrogens is 315 g/mol. The van der Waals surface area contributed by atoms with Crippen molar-refractivity contribution in [3.63, 3.8) is 0 Å². The third-order valence-electron chi connectivity index (χ3n) is 3.16. The standard InChI is InChI=1S/C15H14F3NO4/c1-21-10-5-3-9-4-6-13(22-2)12(11(9)7-10)8-23-19-14(20)15(16,17)18/h3-7H,8H2,1-2H3,(H,19,20). The first-order chi connectivity index (χ1) is 10.9. The van der Waals surface area contributed by atoms with E-state index in [0.29, 0.717) is 22.4 Å². The maximum atomic E-state index is 12.1. The van der Waals surface area contributed by atoms with Crippen molar-refractivity contribution in [3.05, 3.63) is 35.9 Å². The van der Waals surface area contributed by atoms with Gasteiger partial charge in [0.25, 0.3) is 0 Å². The van der Waals surface area contributed by atoms with E-state index in [9.17, 15) is 18.0 Å². The largest absolute Gasteiger partial charge is 0.497 e. The lowest BCUT2D eigenvalue weighted by molar-refractivity contribution is -0.186. The van der Waals surface area contributed by atoms with Crippen molar-refractivity contribution in [2.45, 2.75) is 12.8 Å². The third-order valence-corrected chi connectivity index (χ3v) is 3.16. The zero-order valence-electron chi connectivity index (χ0n) is 12.4. The molecule has 124 valence electrons. The van der Waals surface area contributed by atoms with Gasteiger partial charge < -0.3 is 9.47 Å². The number of halogens is 3. The normalized spacial score (nSPS) is 11.3. The molecule has 8 heteroatoms. The molecule has 0 saturated heterocycles. The lowest BCUT2D eigenvalue weighted by Crippen LogP contribution is -2.36. The Morgan fingerprint density at radius 1 is 1.13 bits per heavy atom. The van der Waals surface area contributed by atoms with Crippen LogP contribution in [0.3, 0.4) is 0 Å². The number of ether oxygens (including phenoxy) is 2. The molecule has 1 N–H and O–H groups in total. The van der Waals surface area contributed by atoms with E-state index >= 15 is 0 Å². The van der Waals surface area contributed by atoms with Crippen molar-refractivity contribution in [2.75, 3.05) is 14.2 Å². The summed E-state index contributed by atoms with van der Waals surface area (Å²) in [7, 11) is 2.93. The number of fused-ring (bicyclic) bond motifs is 1. The van der Waals surface area contributed by atoms with Gasteiger partial charge in [0.2, 0.25) is 0 Å². The fraction of sp³-hybridized carbons (Fsp3) is 0.267. The minimum absolute atomic E-state index is 0.296. The van der Waals surface area contributed by atoms with Crippen LogP contribution in [0.15, 0.2) is 30.3 Å². The minimum Gasteiger partial charge on any atom is -0.497 e. The predicted molar refractivity (Wildman–Crippen MR) is 76.0 cm³/mol. The van der Waals surface area contributed by atoms with Crippen LogP contribution in [0, 0.1) is 0 Å². The van der Waals surface area contributed by atoms with E-state index < -0.39 is 12.1 Å². The summed E-state index contributed by atoms with van der Waals surface area (Å²) in [5.41, 5.74) is 1.86. The van der Waals surface area contributed by atoms with Gasteiger partial charge in [0.15, 0.2) is 0 Å². The second kappa shape index (κ2) is 6.74. The minimum atomic E-state index is -5.01. The smallest absolute Gasteiger partial charge is 0.473 e. The predicted octanol–water partition coefficient (Wildman–Crippen LogP) is 2.97. The van der Waals surface area contributed by atoms with Gasteiger partial charge in [-0.2, -0.15) is 13.2 Å². The quantitative estimate of drug-likeness (QED) is 0.857. The van der Waals surface area contributed by atoms with Crippen molar-refractivity contribution >= 4 is 16.7 Å². The molecule has 23 heavy (non-hydrogen) atoms. The molecule has 0 radical (unpaired) electrons. The Balaban J connectivity index is 2.28. The van der Waals surface area contributed by atoms with E-state index in [1.165, 1.54) is 19.7 Å². The summed E-state index contributed by atoms with van der Waals surface area (Å²) in [5.74, 6) is -1.17. The Kier molecular flexibility index (Phi) is 4.95. The molecule has 2 rings (SSSR count). The van der Waals surface area contributed by atoms with E-state index in [0.717, 1.165) is 5.39 Å². The topological polar surface area (TPSA) is 56.8 Å². The average molecular weight is 329 g/mol. The van der Waals surface area contributed by atoms with Gasteiger partial charge in [-0.1, -0.05) is 12.1 Å². The third kappa shape index (κ3) is 3.84. The monoisotopic (exact) mass is 329 g/mol. The van der Waals surface area contributed by atoms with Gasteiger partial charge in [0.05, 0.1) is 14.2 Å². The van der Waals surface area contributed by atoms with Crippen LogP contribution in [-0.2, 0) is 16.2 Å². The molecule has 0 unspecified atom stereocenters. The summed E-state index contributed by atoms with van der Waals surface area (Å²) in [6.07, 6.45) is -5.01. The van der Waals surface area contributed by atoms with Gasteiger partial charge in [0, 0.05) is 5.56 Å². The van der Waals surface area contributed by atoms with Gasteiger partial charge in [-0.25, -0.2) is 5.48 Å². The van der Waals surface area contributed by atoms with Crippen molar-refractivity contribution in [1.82, 2.24) is 5.48 Å². The lowest BCUT2D eigenvalue weighted by Gasteiger charge is -2.14. The highest BCUT2D eigenvalue weighted by Gasteiger charge is 2.39. The molecule has 0 bridgehead atoms. The Labute approximate surface area is 129 Å². The van der Waals surface area contributed by atoms with E-state index in [1.54, 1.807) is 30.3 Å². The van der Waals surface area contributed by atoms with E-state index in [2.05, 4.69) is 0 Å². The molecular formula is C15H14F3NO4. The van der Waals surface area contributed by atoms with Crippen LogP contribution in [0.25, 0.3) is 10.8 Å². The molecule has 1 amide bonds. The molecule has 0 spiro atoms. The Bertz CT molecular complexity index is 710. The summed E-state index contributed by atoms with van der Waals surface area (Å²) < 4.78 is 46.8. The van der Waals surface area contributed by atoms with Crippen molar-refractivity contribution in [2.24, 2.45) is 0 Å². The number of alkyl halides is 3. The highest BCUT2D eigenvalue weighted by molar-refractivity contribution is 5.89. The number of amides is 1. The first-order valence-corrected chi connectivity index (χ1v) is 6.49. The van der Waals surface area contributed by atoms with Crippen LogP contribution in [0.2, 0.25) is 0 Å². The van der Waals surface area contributed by atoms with Crippen LogP contribution in [0.4, 0.5) is 13.2 Å². The SMILES string of the molecule is COc1ccc2ccc(OC)c(CONC(=O)C(F)(F)F)c2c1. The molecule has 0 atom stereocenters. The molecule has 0 aliphatic rings. The van der Waals surface area contributed by atoms with E-state index in [4.69, 9.17) is 14.3 Å². The van der Waals surface area contributed by atoms with Crippen LogP contribution in [-0.4, -0.2) is 26.3 Å². The van der Waals surface area contributed by atoms with Crippen LogP contribution in [0.5, 0.6) is 11.5 Å². The fourth-order valence-corrected chi connectivity index (χ4v) is 2.04. The summed E-state index contributed by atoms with van der Waals surface area (Å²) in [6, 6.07) is 8.73. The lowest BCUT2D eigenvalue weighted by atomic mass is 10.0. The Morgan fingerprint density at radius 3 is 2.43 bits per heavy atom. The molecule has 0 heterocycles. The van der Waals surface area contributed by atoms with E-state index in [-0.39, 0.29) is 6.61 Å². The number of carbonyl (C=O) groups excluding carboxylic acids is 1. The van der Waals surface area contributed by atoms with Crippen molar-refractivity contribution in [3.8, 4) is 11.5 Å². The highest BCUT2D eigenvalue weighted by Crippen LogP contribution is 2.31. The Morgan fingerprint density at radius 2 is 1.83 bits per heavy atom. The van der Waals surface area contributed by atoms with Crippen LogP contribution >= 0.6 is 0 Å². The summed E-state index contributed by atoms with van der Waals surface area (Å²) >= 11 is 0. The number of rotatable bonds is 5. The summed E-state index contributed by atoms with van der Waals surface area (Å²) in [5, 5.41) is 1.51. The molecule has 0 saturated carbocycles. The summed E-state index contributed by atoms with van der Waals surface area (Å²) in [6.45, 7) is -0.296. The number of nitrogens with one attached hydrogen (secondary N) is 1. The molecule has 0 aliphatic heterocycles. The first-order valence-electron chi connectivity index (χ1n) is 6.49. The molecule has 0 fully saturated rings. The number of hydrogen-bond donors (Lipinski definition) is 1. The van der Waals surface area contributed by atoms with Gasteiger partial charge in [-0.15, -0.1) is 0 Å². The first kappa shape index (κ1) is 16.9. The van der Waals surface area contributed by atoms with Gasteiger partial charge in [-0.3, -0.25) is 9.63 Å². The zero-order valence-corrected chi connectivity index (χ0v) is 12.4. The van der Waals surface area contributed by atoms with Crippen molar-refractivity contribution < 1.29 is 32.3 Å². The second-order valence-corrected chi connectivity index (χ2v) is 4.55. The van der Waals surface area contributed by atoms with Crippen molar-refractivity contribution in [1.29, 1.82) is 0 Å². The number of carbonyl (C=O) groups is 1. The molecule has 2 aromatic carbocycles. The summed E-state index contributed by atoms with van der Waals surface area (Å²) in [4.78, 5) is 15.5. The van der Waals surface area contributed by atoms with Gasteiger partial charge >= 0.3 is 12.1 Å². The molecule has 0 aliphatic carbocycles.